The molecule has 92 valence electrons. The summed E-state index contributed by atoms with van der Waals surface area (Å²) in [5.74, 6) is -0.551. The number of hydrogen-bond donors (Lipinski definition) is 2. The molecule has 1 atom stereocenters. The van der Waals surface area contributed by atoms with Crippen molar-refractivity contribution in [3.63, 3.8) is 0 Å². The molecule has 0 bridgehead atoms. The summed E-state index contributed by atoms with van der Waals surface area (Å²) in [6, 6.07) is 4.43. The summed E-state index contributed by atoms with van der Waals surface area (Å²) in [4.78, 5) is 12.0. The van der Waals surface area contributed by atoms with Crippen molar-refractivity contribution in [1.29, 1.82) is 0 Å². The van der Waals surface area contributed by atoms with Gasteiger partial charge >= 0.3 is 0 Å². The second kappa shape index (κ2) is 6.30. The van der Waals surface area contributed by atoms with Gasteiger partial charge in [-0.25, -0.2) is 4.39 Å². The third-order valence-corrected chi connectivity index (χ3v) is 3.20. The average Bonchev–Trinajstić information content (AvgIpc) is 2.29. The van der Waals surface area contributed by atoms with Gasteiger partial charge in [-0.1, -0.05) is 6.08 Å². The Kier molecular flexibility index (Phi) is 5.03. The predicted octanol–water partition coefficient (Wildman–Crippen LogP) is 2.19. The first-order valence-corrected chi connectivity index (χ1v) is 6.03. The van der Waals surface area contributed by atoms with Crippen LogP contribution in [0.5, 0.6) is 0 Å². The molecular formula is C12H15FN2OS. The molecule has 1 aromatic carbocycles. The highest BCUT2D eigenvalue weighted by molar-refractivity contribution is 8.00. The van der Waals surface area contributed by atoms with Crippen LogP contribution >= 0.6 is 11.8 Å². The highest BCUT2D eigenvalue weighted by Gasteiger charge is 2.15. The van der Waals surface area contributed by atoms with E-state index in [1.807, 2.05) is 0 Å². The molecule has 1 aromatic rings. The first kappa shape index (κ1) is 13.6. The summed E-state index contributed by atoms with van der Waals surface area (Å²) in [6.45, 7) is 5.64. The Morgan fingerprint density at radius 3 is 3.00 bits per heavy atom. The van der Waals surface area contributed by atoms with Crippen LogP contribution < -0.4 is 11.1 Å². The zero-order chi connectivity index (χ0) is 12.8. The fourth-order valence-electron chi connectivity index (χ4n) is 1.17. The quantitative estimate of drug-likeness (QED) is 0.481. The normalized spacial score (nSPS) is 11.9. The summed E-state index contributed by atoms with van der Waals surface area (Å²) in [5, 5.41) is 2.29. The highest BCUT2D eigenvalue weighted by atomic mass is 32.2. The Bertz CT molecular complexity index is 423. The molecule has 0 aliphatic heterocycles. The lowest BCUT2D eigenvalue weighted by Gasteiger charge is -2.11. The number of nitrogens with one attached hydrogen (secondary N) is 1. The van der Waals surface area contributed by atoms with E-state index < -0.39 is 5.82 Å². The minimum Gasteiger partial charge on any atom is -0.399 e. The number of carbonyl (C=O) groups is 1. The molecule has 3 nitrogen and oxygen atoms in total. The summed E-state index contributed by atoms with van der Waals surface area (Å²) in [6.07, 6.45) is 1.60. The van der Waals surface area contributed by atoms with Gasteiger partial charge in [-0.15, -0.1) is 18.3 Å². The van der Waals surface area contributed by atoms with Crippen molar-refractivity contribution >= 4 is 23.4 Å². The number of benzene rings is 1. The molecule has 0 fully saturated rings. The van der Waals surface area contributed by atoms with Gasteiger partial charge in [0.15, 0.2) is 0 Å². The first-order valence-electron chi connectivity index (χ1n) is 5.15. The number of rotatable bonds is 5. The van der Waals surface area contributed by atoms with Crippen LogP contribution in [0.25, 0.3) is 0 Å². The van der Waals surface area contributed by atoms with Gasteiger partial charge in [0.2, 0.25) is 5.91 Å². The number of thioether (sulfide) groups is 1. The van der Waals surface area contributed by atoms with Crippen molar-refractivity contribution in [3.8, 4) is 0 Å². The molecular weight excluding hydrogens is 239 g/mol. The third-order valence-electron chi connectivity index (χ3n) is 2.05. The molecule has 0 aliphatic rings. The maximum absolute atomic E-state index is 13.5. The van der Waals surface area contributed by atoms with Gasteiger partial charge in [-0.3, -0.25) is 4.79 Å². The van der Waals surface area contributed by atoms with Crippen molar-refractivity contribution in [1.82, 2.24) is 5.32 Å². The summed E-state index contributed by atoms with van der Waals surface area (Å²) in [5.41, 5.74) is 5.82. The van der Waals surface area contributed by atoms with Gasteiger partial charge in [-0.2, -0.15) is 0 Å². The van der Waals surface area contributed by atoms with Crippen LogP contribution in [0.2, 0.25) is 0 Å². The van der Waals surface area contributed by atoms with E-state index in [0.29, 0.717) is 17.1 Å². The van der Waals surface area contributed by atoms with Crippen LogP contribution in [0, 0.1) is 5.82 Å². The average molecular weight is 254 g/mol. The number of halogens is 1. The molecule has 0 aromatic heterocycles. The van der Waals surface area contributed by atoms with E-state index in [0.717, 1.165) is 11.8 Å². The minimum absolute atomic E-state index is 0.147. The molecule has 0 saturated heterocycles. The van der Waals surface area contributed by atoms with Gasteiger partial charge < -0.3 is 11.1 Å². The van der Waals surface area contributed by atoms with Crippen LogP contribution in [0.1, 0.15) is 6.92 Å². The lowest BCUT2D eigenvalue weighted by atomic mass is 10.3. The van der Waals surface area contributed by atoms with Gasteiger partial charge in [0.05, 0.1) is 5.25 Å². The molecule has 0 saturated carbocycles. The molecule has 0 heterocycles. The lowest BCUT2D eigenvalue weighted by molar-refractivity contribution is -0.120. The van der Waals surface area contributed by atoms with Crippen molar-refractivity contribution in [2.75, 3.05) is 12.3 Å². The van der Waals surface area contributed by atoms with Crippen LogP contribution in [0.3, 0.4) is 0 Å². The van der Waals surface area contributed by atoms with Gasteiger partial charge in [0.25, 0.3) is 0 Å². The Labute approximate surface area is 104 Å². The molecule has 17 heavy (non-hydrogen) atoms. The first-order chi connectivity index (χ1) is 8.04. The number of anilines is 1. The van der Waals surface area contributed by atoms with E-state index in [9.17, 15) is 9.18 Å². The second-order valence-corrected chi connectivity index (χ2v) is 4.87. The molecule has 0 radical (unpaired) electrons. The fourth-order valence-corrected chi connectivity index (χ4v) is 2.06. The van der Waals surface area contributed by atoms with E-state index >= 15 is 0 Å². The van der Waals surface area contributed by atoms with Crippen molar-refractivity contribution in [2.45, 2.75) is 17.1 Å². The van der Waals surface area contributed by atoms with Gasteiger partial charge in [0.1, 0.15) is 5.82 Å². The zero-order valence-electron chi connectivity index (χ0n) is 9.57. The predicted molar refractivity (Wildman–Crippen MR) is 69.3 cm³/mol. The van der Waals surface area contributed by atoms with E-state index in [2.05, 4.69) is 11.9 Å². The van der Waals surface area contributed by atoms with Crippen molar-refractivity contribution in [2.24, 2.45) is 0 Å². The van der Waals surface area contributed by atoms with E-state index in [-0.39, 0.29) is 11.2 Å². The molecule has 1 amide bonds. The largest absolute Gasteiger partial charge is 0.399 e. The van der Waals surface area contributed by atoms with Crippen LogP contribution in [0.15, 0.2) is 35.7 Å². The summed E-state index contributed by atoms with van der Waals surface area (Å²) < 4.78 is 13.5. The SMILES string of the molecule is C=CCNC(=O)C(C)Sc1ccc(N)cc1F. The Morgan fingerprint density at radius 1 is 1.71 bits per heavy atom. The molecule has 0 spiro atoms. The van der Waals surface area contributed by atoms with Crippen LogP contribution in [-0.4, -0.2) is 17.7 Å². The number of hydrogen-bond acceptors (Lipinski definition) is 3. The van der Waals surface area contributed by atoms with E-state index in [1.165, 1.54) is 6.07 Å². The smallest absolute Gasteiger partial charge is 0.233 e. The number of amides is 1. The maximum atomic E-state index is 13.5. The van der Waals surface area contributed by atoms with E-state index in [1.54, 1.807) is 25.1 Å². The zero-order valence-corrected chi connectivity index (χ0v) is 10.4. The number of nitrogen functional groups attached to an aromatic ring is 1. The Hall–Kier alpha value is -1.49. The third kappa shape index (κ3) is 4.11. The van der Waals surface area contributed by atoms with Crippen molar-refractivity contribution < 1.29 is 9.18 Å². The lowest BCUT2D eigenvalue weighted by Crippen LogP contribution is -2.30. The van der Waals surface area contributed by atoms with Crippen molar-refractivity contribution in [3.05, 3.63) is 36.7 Å². The fraction of sp³-hybridized carbons (Fsp3) is 0.250. The highest BCUT2D eigenvalue weighted by Crippen LogP contribution is 2.27. The number of nitrogens with two attached hydrogens (primary N) is 1. The van der Waals surface area contributed by atoms with Gasteiger partial charge in [0, 0.05) is 17.1 Å². The molecule has 1 unspecified atom stereocenters. The molecule has 0 aliphatic carbocycles. The topological polar surface area (TPSA) is 55.1 Å². The molecule has 1 rings (SSSR count). The van der Waals surface area contributed by atoms with Crippen LogP contribution in [-0.2, 0) is 4.79 Å². The maximum Gasteiger partial charge on any atom is 0.233 e. The Morgan fingerprint density at radius 2 is 2.41 bits per heavy atom. The second-order valence-electron chi connectivity index (χ2n) is 3.48. The monoisotopic (exact) mass is 254 g/mol. The standard InChI is InChI=1S/C12H15FN2OS/c1-3-6-15-12(16)8(2)17-11-5-4-9(14)7-10(11)13/h3-5,7-8H,1,6,14H2,2H3,(H,15,16). The summed E-state index contributed by atoms with van der Waals surface area (Å²) in [7, 11) is 0. The molecule has 5 heteroatoms. The van der Waals surface area contributed by atoms with Gasteiger partial charge in [-0.05, 0) is 25.1 Å². The summed E-state index contributed by atoms with van der Waals surface area (Å²) >= 11 is 1.16. The number of carbonyl (C=O) groups excluding carboxylic acids is 1. The molecule has 3 N–H and O–H groups in total. The minimum atomic E-state index is -0.404. The Balaban J connectivity index is 2.64. The van der Waals surface area contributed by atoms with Crippen LogP contribution in [0.4, 0.5) is 10.1 Å². The van der Waals surface area contributed by atoms with E-state index in [4.69, 9.17) is 5.73 Å².